The number of aliphatic hydroxyl groups excluding tert-OH is 1. The summed E-state index contributed by atoms with van der Waals surface area (Å²) < 4.78 is 1.68. The van der Waals surface area contributed by atoms with Crippen molar-refractivity contribution < 1.29 is 19.8 Å². The minimum atomic E-state index is -1.06. The summed E-state index contributed by atoms with van der Waals surface area (Å²) >= 11 is 5.80. The first-order valence-electron chi connectivity index (χ1n) is 4.88. The number of carbonyl (C=O) groups is 2. The molecule has 1 aromatic rings. The summed E-state index contributed by atoms with van der Waals surface area (Å²) in [5, 5.41) is 20.2. The van der Waals surface area contributed by atoms with Crippen molar-refractivity contribution in [3.8, 4) is 0 Å². The van der Waals surface area contributed by atoms with Gasteiger partial charge in [0.15, 0.2) is 0 Å². The lowest BCUT2D eigenvalue weighted by molar-refractivity contribution is 0.0694. The lowest BCUT2D eigenvalue weighted by Gasteiger charge is -2.11. The van der Waals surface area contributed by atoms with Crippen molar-refractivity contribution in [3.05, 3.63) is 40.2 Å². The third kappa shape index (κ3) is 4.18. The monoisotopic (exact) mass is 599 g/mol. The van der Waals surface area contributed by atoms with Gasteiger partial charge in [-0.05, 0) is 79.9 Å². The van der Waals surface area contributed by atoms with E-state index < -0.39 is 5.97 Å². The van der Waals surface area contributed by atoms with Crippen LogP contribution in [0.25, 0.3) is 0 Å². The van der Waals surface area contributed by atoms with Crippen LogP contribution < -0.4 is 5.32 Å². The minimum Gasteiger partial charge on any atom is -0.516 e. The smallest absolute Gasteiger partial charge is 0.337 e. The van der Waals surface area contributed by atoms with E-state index in [1.165, 1.54) is 6.08 Å². The topological polar surface area (TPSA) is 86.6 Å². The molecule has 1 rings (SSSR count). The summed E-state index contributed by atoms with van der Waals surface area (Å²) in [7, 11) is 0. The van der Waals surface area contributed by atoms with Gasteiger partial charge in [0.05, 0.1) is 17.4 Å². The Bertz CT molecular complexity index is 557. The van der Waals surface area contributed by atoms with Gasteiger partial charge in [-0.3, -0.25) is 4.79 Å². The van der Waals surface area contributed by atoms with E-state index in [0.29, 0.717) is 16.3 Å². The van der Waals surface area contributed by atoms with Crippen LogP contribution in [0.4, 0.5) is 0 Å². The Morgan fingerprint density at radius 2 is 1.79 bits per heavy atom. The summed E-state index contributed by atoms with van der Waals surface area (Å²) in [5.41, 5.74) is 0.467. The molecule has 0 bridgehead atoms. The van der Waals surface area contributed by atoms with E-state index in [9.17, 15) is 9.59 Å². The predicted molar refractivity (Wildman–Crippen MR) is 95.7 cm³/mol. The van der Waals surface area contributed by atoms with Crippen molar-refractivity contribution in [2.24, 2.45) is 0 Å². The fraction of sp³-hybridized carbons (Fsp3) is 0.0909. The number of benzene rings is 1. The summed E-state index contributed by atoms with van der Waals surface area (Å²) in [6.45, 7) is 0.176. The highest BCUT2D eigenvalue weighted by Gasteiger charge is 2.22. The quantitative estimate of drug-likeness (QED) is 0.368. The maximum atomic E-state index is 12.0. The molecule has 3 N–H and O–H groups in total. The van der Waals surface area contributed by atoms with Gasteiger partial charge < -0.3 is 15.5 Å². The number of carboxylic acids is 1. The molecule has 0 heterocycles. The molecule has 0 aliphatic carbocycles. The largest absolute Gasteiger partial charge is 0.516 e. The Balaban J connectivity index is 3.24. The highest BCUT2D eigenvalue weighted by atomic mass is 127. The van der Waals surface area contributed by atoms with E-state index in [0.717, 1.165) is 6.26 Å². The Hall–Kier alpha value is -0.110. The minimum absolute atomic E-state index is 0.129. The molecule has 5 nitrogen and oxygen atoms in total. The molecular formula is C11H8I3NO4. The second-order valence-corrected chi connectivity index (χ2v) is 6.71. The number of hydrogen-bond donors (Lipinski definition) is 3. The molecule has 0 aliphatic heterocycles. The highest BCUT2D eigenvalue weighted by Crippen LogP contribution is 2.27. The van der Waals surface area contributed by atoms with Crippen LogP contribution >= 0.6 is 67.8 Å². The molecule has 0 unspecified atom stereocenters. The van der Waals surface area contributed by atoms with E-state index in [2.05, 4.69) is 5.32 Å². The molecule has 8 heteroatoms. The van der Waals surface area contributed by atoms with Crippen molar-refractivity contribution in [2.45, 2.75) is 0 Å². The highest BCUT2D eigenvalue weighted by molar-refractivity contribution is 14.1. The maximum Gasteiger partial charge on any atom is 0.337 e. The molecule has 102 valence electrons. The van der Waals surface area contributed by atoms with Gasteiger partial charge in [0.25, 0.3) is 5.91 Å². The van der Waals surface area contributed by atoms with Crippen LogP contribution in [0, 0.1) is 10.7 Å². The lowest BCUT2D eigenvalue weighted by Crippen LogP contribution is -2.26. The number of halogens is 3. The van der Waals surface area contributed by atoms with Crippen LogP contribution in [0.5, 0.6) is 0 Å². The number of aromatic carboxylic acids is 1. The van der Waals surface area contributed by atoms with Gasteiger partial charge in [0.1, 0.15) is 0 Å². The maximum absolute atomic E-state index is 12.0. The fourth-order valence-corrected chi connectivity index (χ4v) is 5.61. The zero-order chi connectivity index (χ0) is 14.6. The third-order valence-corrected chi connectivity index (χ3v) is 4.88. The van der Waals surface area contributed by atoms with Gasteiger partial charge in [-0.25, -0.2) is 4.79 Å². The number of nitrogens with one attached hydrogen (secondary N) is 1. The second-order valence-electron chi connectivity index (χ2n) is 3.30. The van der Waals surface area contributed by atoms with Gasteiger partial charge in [-0.15, -0.1) is 0 Å². The van der Waals surface area contributed by atoms with Crippen molar-refractivity contribution in [3.63, 3.8) is 0 Å². The van der Waals surface area contributed by atoms with Crippen LogP contribution in [-0.2, 0) is 0 Å². The molecule has 0 atom stereocenters. The Kier molecular flexibility index (Phi) is 6.79. The molecule has 0 aromatic heterocycles. The van der Waals surface area contributed by atoms with Crippen molar-refractivity contribution in [1.82, 2.24) is 5.32 Å². The first kappa shape index (κ1) is 16.9. The first-order chi connectivity index (χ1) is 8.90. The molecule has 0 spiro atoms. The zero-order valence-corrected chi connectivity index (χ0v) is 15.8. The average Bonchev–Trinajstić information content (AvgIpc) is 2.27. The molecule has 0 saturated heterocycles. The molecular weight excluding hydrogens is 591 g/mol. The Morgan fingerprint density at radius 1 is 1.21 bits per heavy atom. The first-order valence-corrected chi connectivity index (χ1v) is 8.12. The number of rotatable bonds is 4. The summed E-state index contributed by atoms with van der Waals surface area (Å²) in [5.74, 6) is -1.43. The standard InChI is InChI=1S/C11H8I3NO4/c12-5-4-6(13)8(11(18)19)9(14)7(5)10(17)15-2-1-3-16/h1,3-4,16H,2H2,(H,15,17)(H,18,19). The SMILES string of the molecule is O=C(O)c1c(I)cc(I)c(C(=O)NCC=CO)c1I. The number of carboxylic acid groups (broad SMARTS) is 1. The van der Waals surface area contributed by atoms with E-state index in [-0.39, 0.29) is 18.0 Å². The Morgan fingerprint density at radius 3 is 2.32 bits per heavy atom. The summed E-state index contributed by atoms with van der Waals surface area (Å²) in [4.78, 5) is 23.2. The van der Waals surface area contributed by atoms with Gasteiger partial charge >= 0.3 is 5.97 Å². The third-order valence-electron chi connectivity index (χ3n) is 2.10. The van der Waals surface area contributed by atoms with E-state index in [1.807, 2.05) is 67.8 Å². The fourth-order valence-electron chi connectivity index (χ4n) is 1.29. The molecule has 1 amide bonds. The van der Waals surface area contributed by atoms with Gasteiger partial charge in [-0.2, -0.15) is 0 Å². The van der Waals surface area contributed by atoms with Crippen LogP contribution in [0.1, 0.15) is 20.7 Å². The summed E-state index contributed by atoms with van der Waals surface area (Å²) in [6.07, 6.45) is 2.22. The molecule has 0 saturated carbocycles. The normalized spacial score (nSPS) is 10.7. The Labute approximate surface area is 150 Å². The van der Waals surface area contributed by atoms with Crippen molar-refractivity contribution >= 4 is 79.6 Å². The second kappa shape index (κ2) is 7.61. The van der Waals surface area contributed by atoms with Crippen LogP contribution in [0.3, 0.4) is 0 Å². The number of amides is 1. The van der Waals surface area contributed by atoms with Gasteiger partial charge in [0.2, 0.25) is 0 Å². The molecule has 0 fully saturated rings. The lowest BCUT2D eigenvalue weighted by atomic mass is 10.1. The molecule has 19 heavy (non-hydrogen) atoms. The zero-order valence-electron chi connectivity index (χ0n) is 9.28. The molecule has 0 aliphatic rings. The summed E-state index contributed by atoms with van der Waals surface area (Å²) in [6, 6.07) is 1.66. The van der Waals surface area contributed by atoms with Crippen LogP contribution in [0.15, 0.2) is 18.4 Å². The van der Waals surface area contributed by atoms with Crippen LogP contribution in [0.2, 0.25) is 0 Å². The number of carbonyl (C=O) groups excluding carboxylic acids is 1. The number of hydrogen-bond acceptors (Lipinski definition) is 3. The predicted octanol–water partition coefficient (Wildman–Crippen LogP) is 3.00. The van der Waals surface area contributed by atoms with E-state index in [4.69, 9.17) is 10.2 Å². The molecule has 0 radical (unpaired) electrons. The van der Waals surface area contributed by atoms with Gasteiger partial charge in [-0.1, -0.05) is 0 Å². The van der Waals surface area contributed by atoms with Crippen molar-refractivity contribution in [1.29, 1.82) is 0 Å². The van der Waals surface area contributed by atoms with E-state index in [1.54, 1.807) is 6.07 Å². The van der Waals surface area contributed by atoms with Crippen molar-refractivity contribution in [2.75, 3.05) is 6.54 Å². The molecule has 1 aromatic carbocycles. The average molecular weight is 599 g/mol. The van der Waals surface area contributed by atoms with Gasteiger partial charge in [0, 0.05) is 17.3 Å². The van der Waals surface area contributed by atoms with E-state index >= 15 is 0 Å². The van der Waals surface area contributed by atoms with Crippen LogP contribution in [-0.4, -0.2) is 28.6 Å². The number of aliphatic hydroxyl groups is 1.